The predicted octanol–water partition coefficient (Wildman–Crippen LogP) is 2.52. The first-order chi connectivity index (χ1) is 13.1. The fourth-order valence-electron chi connectivity index (χ4n) is 3.83. The molecule has 146 valence electrons. The van der Waals surface area contributed by atoms with Crippen molar-refractivity contribution < 1.29 is 4.79 Å². The number of nitrogens with one attached hydrogen (secondary N) is 1. The van der Waals surface area contributed by atoms with Gasteiger partial charge in [-0.3, -0.25) is 19.1 Å². The van der Waals surface area contributed by atoms with Crippen molar-refractivity contribution in [3.05, 3.63) is 35.9 Å². The second-order valence-electron chi connectivity index (χ2n) is 8.30. The van der Waals surface area contributed by atoms with Gasteiger partial charge in [-0.05, 0) is 45.1 Å². The lowest BCUT2D eigenvalue weighted by atomic mass is 10.1. The van der Waals surface area contributed by atoms with Gasteiger partial charge in [0.25, 0.3) is 0 Å². The summed E-state index contributed by atoms with van der Waals surface area (Å²) < 4.78 is 4.15. The highest BCUT2D eigenvalue weighted by Gasteiger charge is 2.27. The van der Waals surface area contributed by atoms with E-state index in [1.807, 2.05) is 17.1 Å². The number of carbonyl (C=O) groups excluding carboxylic acids is 1. The van der Waals surface area contributed by atoms with Gasteiger partial charge in [-0.1, -0.05) is 0 Å². The largest absolute Gasteiger partial charge is 0.356 e. The average Bonchev–Trinajstić information content (AvgIpc) is 3.11. The van der Waals surface area contributed by atoms with Crippen molar-refractivity contribution in [2.75, 3.05) is 13.1 Å². The van der Waals surface area contributed by atoms with Crippen LogP contribution in [0.3, 0.4) is 0 Å². The molecule has 4 rings (SSSR count). The van der Waals surface area contributed by atoms with E-state index in [0.717, 1.165) is 26.1 Å². The Labute approximate surface area is 160 Å². The molecule has 1 saturated carbocycles. The molecule has 1 N–H and O–H groups in total. The van der Waals surface area contributed by atoms with Crippen LogP contribution in [0.15, 0.2) is 24.7 Å². The van der Waals surface area contributed by atoms with E-state index in [2.05, 4.69) is 51.2 Å². The van der Waals surface area contributed by atoms with Crippen molar-refractivity contribution >= 4 is 5.91 Å². The molecule has 1 atom stereocenters. The molecule has 0 unspecified atom stereocenters. The van der Waals surface area contributed by atoms with Crippen molar-refractivity contribution in [3.8, 4) is 0 Å². The summed E-state index contributed by atoms with van der Waals surface area (Å²) in [7, 11) is 0. The second kappa shape index (κ2) is 7.84. The minimum absolute atomic E-state index is 0.201. The van der Waals surface area contributed by atoms with Crippen LogP contribution >= 0.6 is 0 Å². The molecule has 2 aromatic heterocycles. The molecule has 0 saturated heterocycles. The molecule has 0 spiro atoms. The van der Waals surface area contributed by atoms with Crippen LogP contribution in [0, 0.1) is 5.92 Å². The van der Waals surface area contributed by atoms with Crippen molar-refractivity contribution in [3.63, 3.8) is 0 Å². The third kappa shape index (κ3) is 4.58. The van der Waals surface area contributed by atoms with Gasteiger partial charge in [-0.15, -0.1) is 0 Å². The summed E-state index contributed by atoms with van der Waals surface area (Å²) in [6, 6.07) is 2.78. The fraction of sp³-hybridized carbons (Fsp3) is 0.650. The molecule has 0 bridgehead atoms. The van der Waals surface area contributed by atoms with Crippen LogP contribution in [0.4, 0.5) is 0 Å². The number of amides is 1. The molecule has 1 fully saturated rings. The summed E-state index contributed by atoms with van der Waals surface area (Å²) in [4.78, 5) is 14.4. The quantitative estimate of drug-likeness (QED) is 0.775. The van der Waals surface area contributed by atoms with Crippen molar-refractivity contribution in [1.29, 1.82) is 0 Å². The van der Waals surface area contributed by atoms with E-state index in [4.69, 9.17) is 0 Å². The lowest BCUT2D eigenvalue weighted by molar-refractivity contribution is -0.121. The van der Waals surface area contributed by atoms with E-state index in [0.29, 0.717) is 31.0 Å². The number of nitrogens with zero attached hydrogens (tertiary/aromatic N) is 5. The number of rotatable bonds is 8. The zero-order chi connectivity index (χ0) is 18.8. The Bertz CT molecular complexity index is 775. The predicted molar refractivity (Wildman–Crippen MR) is 103 cm³/mol. The molecule has 7 heteroatoms. The Morgan fingerprint density at radius 3 is 2.93 bits per heavy atom. The van der Waals surface area contributed by atoms with Crippen LogP contribution in [0.25, 0.3) is 0 Å². The number of carbonyl (C=O) groups is 1. The second-order valence-corrected chi connectivity index (χ2v) is 8.30. The van der Waals surface area contributed by atoms with Crippen molar-refractivity contribution in [2.45, 2.75) is 64.7 Å². The van der Waals surface area contributed by atoms with Crippen LogP contribution in [0.2, 0.25) is 0 Å². The zero-order valence-corrected chi connectivity index (χ0v) is 16.3. The highest BCUT2D eigenvalue weighted by Crippen LogP contribution is 2.32. The highest BCUT2D eigenvalue weighted by atomic mass is 16.1. The van der Waals surface area contributed by atoms with Gasteiger partial charge in [0, 0.05) is 56.6 Å². The molecule has 1 aliphatic carbocycles. The number of aromatic nitrogens is 4. The normalized spacial score (nSPS) is 20.0. The minimum Gasteiger partial charge on any atom is -0.356 e. The third-order valence-corrected chi connectivity index (χ3v) is 5.51. The Morgan fingerprint density at radius 1 is 1.33 bits per heavy atom. The highest BCUT2D eigenvalue weighted by molar-refractivity contribution is 5.76. The fourth-order valence-corrected chi connectivity index (χ4v) is 3.83. The molecule has 0 aromatic carbocycles. The van der Waals surface area contributed by atoms with E-state index in [1.165, 1.54) is 24.1 Å². The van der Waals surface area contributed by atoms with Crippen LogP contribution in [0.1, 0.15) is 62.9 Å². The van der Waals surface area contributed by atoms with E-state index >= 15 is 0 Å². The van der Waals surface area contributed by atoms with Crippen LogP contribution in [-0.4, -0.2) is 43.5 Å². The topological polar surface area (TPSA) is 68.0 Å². The number of hydrogen-bond acceptors (Lipinski definition) is 4. The van der Waals surface area contributed by atoms with E-state index in [9.17, 15) is 4.79 Å². The summed E-state index contributed by atoms with van der Waals surface area (Å²) in [6.07, 6.45) is 10.0. The maximum atomic E-state index is 11.9. The molecule has 0 radical (unpaired) electrons. The van der Waals surface area contributed by atoms with Crippen molar-refractivity contribution in [1.82, 2.24) is 29.8 Å². The molecular formula is C20H30N6O. The van der Waals surface area contributed by atoms with Crippen LogP contribution < -0.4 is 5.32 Å². The van der Waals surface area contributed by atoms with Gasteiger partial charge in [0.2, 0.25) is 5.91 Å². The molecule has 1 amide bonds. The summed E-state index contributed by atoms with van der Waals surface area (Å²) >= 11 is 0. The molecule has 1 aliphatic heterocycles. The first kappa shape index (κ1) is 18.2. The Hall–Kier alpha value is -2.15. The lowest BCUT2D eigenvalue weighted by Crippen LogP contribution is -2.38. The maximum absolute atomic E-state index is 11.9. The Kier molecular flexibility index (Phi) is 5.29. The molecule has 2 aromatic rings. The Balaban J connectivity index is 1.34. The smallest absolute Gasteiger partial charge is 0.220 e. The molecular weight excluding hydrogens is 340 g/mol. The minimum atomic E-state index is 0.201. The van der Waals surface area contributed by atoms with Gasteiger partial charge < -0.3 is 5.32 Å². The molecule has 2 aliphatic rings. The lowest BCUT2D eigenvalue weighted by Gasteiger charge is -2.33. The van der Waals surface area contributed by atoms with Gasteiger partial charge >= 0.3 is 0 Å². The molecule has 7 nitrogen and oxygen atoms in total. The van der Waals surface area contributed by atoms with Gasteiger partial charge in [0.15, 0.2) is 0 Å². The first-order valence-corrected chi connectivity index (χ1v) is 10.1. The summed E-state index contributed by atoms with van der Waals surface area (Å²) in [6.45, 7) is 7.74. The third-order valence-electron chi connectivity index (χ3n) is 5.51. The van der Waals surface area contributed by atoms with E-state index in [1.54, 1.807) is 0 Å². The van der Waals surface area contributed by atoms with Gasteiger partial charge in [-0.2, -0.15) is 10.2 Å². The number of hydrogen-bond donors (Lipinski definition) is 1. The average molecular weight is 371 g/mol. The standard InChI is InChI=1S/C20H30N6O/c1-15(2)25-12-17(10-23-25)11-24-13-18(26-19(14-24)6-8-22-26)5-7-21-20(27)9-16-3-4-16/h6,8,10,12,15-16,18H,3-5,7,9,11,13-14H2,1-2H3,(H,21,27)/t18-/m0/s1. The first-order valence-electron chi connectivity index (χ1n) is 10.1. The summed E-state index contributed by atoms with van der Waals surface area (Å²) in [5.74, 6) is 0.839. The molecule has 27 heavy (non-hydrogen) atoms. The number of fused-ring (bicyclic) bond motifs is 1. The zero-order valence-electron chi connectivity index (χ0n) is 16.3. The Morgan fingerprint density at radius 2 is 2.19 bits per heavy atom. The van der Waals surface area contributed by atoms with Gasteiger partial charge in [0.1, 0.15) is 0 Å². The summed E-state index contributed by atoms with van der Waals surface area (Å²) in [5, 5.41) is 12.1. The maximum Gasteiger partial charge on any atom is 0.220 e. The van der Waals surface area contributed by atoms with Crippen LogP contribution in [0.5, 0.6) is 0 Å². The monoisotopic (exact) mass is 370 g/mol. The van der Waals surface area contributed by atoms with Gasteiger partial charge in [-0.25, -0.2) is 0 Å². The van der Waals surface area contributed by atoms with Crippen LogP contribution in [-0.2, 0) is 17.9 Å². The van der Waals surface area contributed by atoms with E-state index < -0.39 is 0 Å². The van der Waals surface area contributed by atoms with E-state index in [-0.39, 0.29) is 5.91 Å². The SMILES string of the molecule is CC(C)n1cc(CN2Cc3ccnn3[C@@H](CCNC(=O)CC3CC3)C2)cn1. The molecule has 3 heterocycles. The van der Waals surface area contributed by atoms with Crippen molar-refractivity contribution in [2.24, 2.45) is 5.92 Å². The van der Waals surface area contributed by atoms with Gasteiger partial charge in [0.05, 0.1) is 17.9 Å². The summed E-state index contributed by atoms with van der Waals surface area (Å²) in [5.41, 5.74) is 2.49.